The molecule has 3 aliphatic rings. The molecule has 12 unspecified atom stereocenters. The van der Waals surface area contributed by atoms with Crippen LogP contribution < -0.4 is 95.7 Å². The molecule has 0 aromatic heterocycles. The Labute approximate surface area is 699 Å². The highest BCUT2D eigenvalue weighted by Crippen LogP contribution is 2.24. The smallest absolute Gasteiger partial charge is 0.245 e. The fourth-order valence-corrected chi connectivity index (χ4v) is 14.4. The van der Waals surface area contributed by atoms with Crippen LogP contribution in [0.5, 0.6) is 0 Å². The quantitative estimate of drug-likeness (QED) is 0.0293. The second-order valence-corrected chi connectivity index (χ2v) is 30.9. The number of hydrogen-bond acceptors (Lipinski definition) is 22. The number of nitrogens with one attached hydrogen (secondary N) is 18. The van der Waals surface area contributed by atoms with Gasteiger partial charge in [-0.15, -0.1) is 0 Å². The summed E-state index contributed by atoms with van der Waals surface area (Å²) in [5, 5.41) is 51.9. The molecule has 0 radical (unpaired) electrons. The summed E-state index contributed by atoms with van der Waals surface area (Å²) in [5.41, 5.74) is 0. The van der Waals surface area contributed by atoms with Crippen molar-refractivity contribution in [1.29, 1.82) is 0 Å². The van der Waals surface area contributed by atoms with Gasteiger partial charge in [0.05, 0.1) is 19.6 Å². The Hall–Kier alpha value is -8.52. The molecular formula is C81H147N21O16. The average Bonchev–Trinajstić information content (AvgIpc) is 1.67. The molecule has 37 nitrogen and oxygen atoms in total. The maximum absolute atomic E-state index is 14.8. The molecule has 0 saturated carbocycles. The van der Waals surface area contributed by atoms with E-state index in [2.05, 4.69) is 95.7 Å². The molecule has 18 N–H and O–H groups in total. The van der Waals surface area contributed by atoms with Crippen molar-refractivity contribution in [3.8, 4) is 0 Å². The number of carbonyl (C=O) groups excluding carboxylic acids is 16. The van der Waals surface area contributed by atoms with Crippen LogP contribution in [0.4, 0.5) is 0 Å². The summed E-state index contributed by atoms with van der Waals surface area (Å²) < 4.78 is 0. The SMILES string of the molecule is CCNCCCCC(NC(C)=O)C(=O)NC(C)C(=O)NC(CCCCNCC)C(=O)N1CCCC1C(=O)NCC(=O)NC(CCCCNCC)C(=O)NC(C)C(=O)NC(CCCCNCC)C(=O)N1CCCC1C(=O)NCC(=O)NC(CCCCNCC)C(=O)NC(C)C(=O)NC(CCCCNCC)C(=O)N1CCCC1C(=O)NCC(C)=O. The molecule has 3 heterocycles. The molecule has 0 aromatic carbocycles. The second-order valence-electron chi connectivity index (χ2n) is 30.9. The first-order valence-corrected chi connectivity index (χ1v) is 43.7. The van der Waals surface area contributed by atoms with E-state index < -0.39 is 174 Å². The lowest BCUT2D eigenvalue weighted by Gasteiger charge is -2.30. The standard InChI is InChI=1S/C81H147N21O16/c1-12-82-42-24-18-33-59(94-58(11)104)73(110)91-55(8)70(107)97-63(37-22-28-46-86-16-5)80(117)101-49-31-40-66(101)77(114)89-52-68(105)96-61(35-20-26-44-84-14-3)75(112)93-57(10)72(109)99-64(38-23-29-47-87-17-6)81(118)102-50-32-41-67(102)78(115)90-53-69(106)95-60(34-19-25-43-83-13-2)74(111)92-56(9)71(108)98-62(36-21-27-45-85-15-4)79(116)100-48-30-39-65(100)76(113)88-51-54(7)103/h55-57,59-67,82-87H,12-53H2,1-11H3,(H,88,113)(H,89,114)(H,90,115)(H,91,110)(H,92,111)(H,93,112)(H,94,104)(H,95,106)(H,96,105)(H,97,107)(H,98,108)(H,99,109). The highest BCUT2D eigenvalue weighted by molar-refractivity contribution is 6.00. The van der Waals surface area contributed by atoms with Gasteiger partial charge in [-0.3, -0.25) is 76.7 Å². The number of nitrogens with zero attached hydrogens (tertiary/aromatic N) is 3. The number of hydrogen-bond donors (Lipinski definition) is 18. The van der Waals surface area contributed by atoms with Gasteiger partial charge in [-0.1, -0.05) is 41.5 Å². The summed E-state index contributed by atoms with van der Waals surface area (Å²) in [6.07, 6.45) is 10.6. The van der Waals surface area contributed by atoms with Crippen LogP contribution in [0.1, 0.15) is 230 Å². The Morgan fingerprint density at radius 1 is 0.288 bits per heavy atom. The molecule has 15 amide bonds. The summed E-state index contributed by atoms with van der Waals surface area (Å²) in [6, 6.07) is -13.0. The van der Waals surface area contributed by atoms with Gasteiger partial charge in [-0.05, 0) is 260 Å². The van der Waals surface area contributed by atoms with Gasteiger partial charge in [-0.25, -0.2) is 0 Å². The Bertz CT molecular complexity index is 3150. The molecule has 3 fully saturated rings. The maximum atomic E-state index is 14.8. The number of ketones is 1. The predicted molar refractivity (Wildman–Crippen MR) is 448 cm³/mol. The van der Waals surface area contributed by atoms with Crippen LogP contribution in [0.25, 0.3) is 0 Å². The van der Waals surface area contributed by atoms with Crippen LogP contribution in [0.2, 0.25) is 0 Å². The minimum absolute atomic E-state index is 0.133. The van der Waals surface area contributed by atoms with Gasteiger partial charge >= 0.3 is 0 Å². The minimum atomic E-state index is -1.27. The van der Waals surface area contributed by atoms with E-state index in [-0.39, 0.29) is 76.9 Å². The first-order valence-electron chi connectivity index (χ1n) is 43.7. The second kappa shape index (κ2) is 60.0. The third-order valence-corrected chi connectivity index (χ3v) is 21.0. The predicted octanol–water partition coefficient (Wildman–Crippen LogP) is -1.98. The van der Waals surface area contributed by atoms with Gasteiger partial charge in [0.2, 0.25) is 88.6 Å². The van der Waals surface area contributed by atoms with Crippen molar-refractivity contribution in [2.45, 2.75) is 303 Å². The van der Waals surface area contributed by atoms with E-state index in [0.29, 0.717) is 155 Å². The van der Waals surface area contributed by atoms with Crippen LogP contribution in [-0.4, -0.2) is 299 Å². The fraction of sp³-hybridized carbons (Fsp3) is 0.802. The van der Waals surface area contributed by atoms with Gasteiger partial charge in [-0.2, -0.15) is 0 Å². The Morgan fingerprint density at radius 3 is 0.763 bits per heavy atom. The van der Waals surface area contributed by atoms with E-state index >= 15 is 0 Å². The van der Waals surface area contributed by atoms with E-state index in [4.69, 9.17) is 0 Å². The Morgan fingerprint density at radius 2 is 0.525 bits per heavy atom. The van der Waals surface area contributed by atoms with Crippen LogP contribution in [0.15, 0.2) is 0 Å². The minimum Gasteiger partial charge on any atom is -0.347 e. The van der Waals surface area contributed by atoms with E-state index in [9.17, 15) is 76.7 Å². The first kappa shape index (κ1) is 104. The number of likely N-dealkylation sites (tertiary alicyclic amines) is 3. The monoisotopic (exact) mass is 1670 g/mol. The first-order chi connectivity index (χ1) is 56.6. The Kier molecular flexibility index (Phi) is 52.7. The van der Waals surface area contributed by atoms with Crippen molar-refractivity contribution in [2.24, 2.45) is 0 Å². The van der Waals surface area contributed by atoms with Crippen LogP contribution >= 0.6 is 0 Å². The largest absolute Gasteiger partial charge is 0.347 e. The van der Waals surface area contributed by atoms with E-state index in [0.717, 1.165) is 32.6 Å². The molecule has 37 heteroatoms. The summed E-state index contributed by atoms with van der Waals surface area (Å²) in [4.78, 5) is 224. The molecular weight excluding hydrogens is 1520 g/mol. The fourth-order valence-electron chi connectivity index (χ4n) is 14.4. The topological polar surface area (TPSA) is 499 Å². The van der Waals surface area contributed by atoms with Gasteiger partial charge < -0.3 is 110 Å². The zero-order valence-electron chi connectivity index (χ0n) is 72.5. The molecule has 0 aliphatic carbocycles. The zero-order valence-corrected chi connectivity index (χ0v) is 72.5. The van der Waals surface area contributed by atoms with Crippen molar-refractivity contribution < 1.29 is 76.7 Å². The van der Waals surface area contributed by atoms with Gasteiger partial charge in [0.1, 0.15) is 78.3 Å². The van der Waals surface area contributed by atoms with Crippen LogP contribution in [0, 0.1) is 0 Å². The molecule has 3 saturated heterocycles. The van der Waals surface area contributed by atoms with Crippen molar-refractivity contribution in [3.63, 3.8) is 0 Å². The number of rotatable bonds is 63. The van der Waals surface area contributed by atoms with Crippen molar-refractivity contribution in [3.05, 3.63) is 0 Å². The maximum Gasteiger partial charge on any atom is 0.245 e. The molecule has 0 aromatic rings. The summed E-state index contributed by atoms with van der Waals surface area (Å²) in [6.45, 7) is 26.3. The average molecular weight is 1670 g/mol. The van der Waals surface area contributed by atoms with Gasteiger partial charge in [0.15, 0.2) is 0 Å². The number of Topliss-reactive ketones (excluding diaryl/α,β-unsaturated/α-hetero) is 1. The van der Waals surface area contributed by atoms with E-state index in [1.165, 1.54) is 49.3 Å². The summed E-state index contributed by atoms with van der Waals surface area (Å²) in [7, 11) is 0. The lowest BCUT2D eigenvalue weighted by atomic mass is 10.1. The third kappa shape index (κ3) is 40.0. The molecule has 118 heavy (non-hydrogen) atoms. The molecule has 0 bridgehead atoms. The highest BCUT2D eigenvalue weighted by atomic mass is 16.2. The number of amides is 15. The summed E-state index contributed by atoms with van der Waals surface area (Å²) in [5.74, 6) is -9.45. The Balaban J connectivity index is 1.75. The van der Waals surface area contributed by atoms with E-state index in [1.807, 2.05) is 41.5 Å². The molecule has 3 aliphatic heterocycles. The lowest BCUT2D eigenvalue weighted by Crippen LogP contribution is -2.58. The lowest BCUT2D eigenvalue weighted by molar-refractivity contribution is -0.142. The molecule has 3 rings (SSSR count). The van der Waals surface area contributed by atoms with Crippen molar-refractivity contribution >= 4 is 94.4 Å². The number of unbranched alkanes of at least 4 members (excludes halogenated alkanes) is 6. The molecule has 12 atom stereocenters. The third-order valence-electron chi connectivity index (χ3n) is 21.0. The van der Waals surface area contributed by atoms with Crippen molar-refractivity contribution in [2.75, 3.05) is 118 Å². The molecule has 672 valence electrons. The van der Waals surface area contributed by atoms with E-state index in [1.54, 1.807) is 0 Å². The normalized spacial score (nSPS) is 17.4. The number of carbonyl (C=O) groups is 16. The van der Waals surface area contributed by atoms with Crippen molar-refractivity contribution in [1.82, 2.24) is 110 Å². The van der Waals surface area contributed by atoms with Crippen LogP contribution in [0.3, 0.4) is 0 Å². The highest BCUT2D eigenvalue weighted by Gasteiger charge is 2.42. The van der Waals surface area contributed by atoms with Crippen LogP contribution in [-0.2, 0) is 76.7 Å². The summed E-state index contributed by atoms with van der Waals surface area (Å²) >= 11 is 0. The van der Waals surface area contributed by atoms with Gasteiger partial charge in [0.25, 0.3) is 0 Å². The van der Waals surface area contributed by atoms with Gasteiger partial charge in [0, 0.05) is 26.6 Å². The zero-order chi connectivity index (χ0) is 87.3. The molecule has 0 spiro atoms.